The second-order valence-corrected chi connectivity index (χ2v) is 8.51. The largest absolute Gasteiger partial charge is 0.327 e. The Kier molecular flexibility index (Phi) is 5.26. The molecule has 2 aromatic heterocycles. The molecule has 28 heavy (non-hydrogen) atoms. The number of nitrogens with zero attached hydrogens (tertiary/aromatic N) is 5. The summed E-state index contributed by atoms with van der Waals surface area (Å²) in [6.45, 7) is 7.79. The maximum atomic E-state index is 13.2. The van der Waals surface area contributed by atoms with E-state index in [4.69, 9.17) is 4.98 Å². The molecule has 3 aromatic rings. The van der Waals surface area contributed by atoms with Crippen LogP contribution in [0.25, 0.3) is 10.4 Å². The molecular formula is C21H25N5OS. The van der Waals surface area contributed by atoms with Crippen LogP contribution in [0.2, 0.25) is 0 Å². The van der Waals surface area contributed by atoms with Crippen molar-refractivity contribution in [1.82, 2.24) is 24.0 Å². The minimum atomic E-state index is -0.0892. The molecule has 1 aliphatic heterocycles. The maximum absolute atomic E-state index is 13.2. The van der Waals surface area contributed by atoms with E-state index in [1.54, 1.807) is 6.20 Å². The van der Waals surface area contributed by atoms with Crippen molar-refractivity contribution in [2.75, 3.05) is 6.54 Å². The van der Waals surface area contributed by atoms with Gasteiger partial charge in [-0.1, -0.05) is 26.0 Å². The van der Waals surface area contributed by atoms with Crippen LogP contribution < -0.4 is 0 Å². The number of carbonyl (C=O) groups excluding carboxylic acids is 1. The van der Waals surface area contributed by atoms with Gasteiger partial charge in [-0.15, -0.1) is 0 Å². The lowest BCUT2D eigenvalue weighted by Gasteiger charge is -2.33. The number of fused-ring (bicyclic) bond motifs is 1. The second kappa shape index (κ2) is 7.83. The van der Waals surface area contributed by atoms with Gasteiger partial charge >= 0.3 is 0 Å². The summed E-state index contributed by atoms with van der Waals surface area (Å²) in [6, 6.07) is 9.67. The van der Waals surface area contributed by atoms with E-state index in [0.717, 1.165) is 34.9 Å². The van der Waals surface area contributed by atoms with E-state index >= 15 is 0 Å². The smallest absolute Gasteiger partial charge is 0.254 e. The third kappa shape index (κ3) is 3.71. The molecule has 1 aromatic carbocycles. The quantitative estimate of drug-likeness (QED) is 0.649. The molecule has 146 valence electrons. The molecule has 1 atom stereocenters. The van der Waals surface area contributed by atoms with Gasteiger partial charge in [0.15, 0.2) is 5.82 Å². The van der Waals surface area contributed by atoms with Gasteiger partial charge in [0.25, 0.3) is 5.91 Å². The Morgan fingerprint density at radius 2 is 2.14 bits per heavy atom. The number of aryl methyl sites for hydroxylation is 1. The molecule has 1 amide bonds. The molecule has 0 saturated carbocycles. The van der Waals surface area contributed by atoms with Crippen LogP contribution in [0, 0.1) is 5.92 Å². The zero-order valence-corrected chi connectivity index (χ0v) is 17.3. The number of aromatic nitrogens is 4. The molecule has 3 heterocycles. The SMILES string of the molecule is CC(C)CCc1nc2n(n1)CCN(C(=O)c1cccc(-c3ccns3)c1)[C@@H]2C. The Morgan fingerprint density at radius 3 is 2.89 bits per heavy atom. The molecule has 0 radical (unpaired) electrons. The summed E-state index contributed by atoms with van der Waals surface area (Å²) in [6.07, 6.45) is 3.74. The van der Waals surface area contributed by atoms with Gasteiger partial charge in [0.05, 0.1) is 17.5 Å². The third-order valence-corrected chi connectivity index (χ3v) is 5.97. The van der Waals surface area contributed by atoms with E-state index in [1.807, 2.05) is 46.8 Å². The van der Waals surface area contributed by atoms with E-state index in [0.29, 0.717) is 24.6 Å². The van der Waals surface area contributed by atoms with E-state index in [1.165, 1.54) is 11.5 Å². The van der Waals surface area contributed by atoms with Crippen LogP contribution in [0.15, 0.2) is 36.5 Å². The van der Waals surface area contributed by atoms with E-state index < -0.39 is 0 Å². The zero-order chi connectivity index (χ0) is 19.7. The van der Waals surface area contributed by atoms with Crippen molar-refractivity contribution in [2.24, 2.45) is 5.92 Å². The lowest BCUT2D eigenvalue weighted by molar-refractivity contribution is 0.0631. The van der Waals surface area contributed by atoms with Crippen LogP contribution in [-0.2, 0) is 13.0 Å². The monoisotopic (exact) mass is 395 g/mol. The van der Waals surface area contributed by atoms with Crippen molar-refractivity contribution in [3.8, 4) is 10.4 Å². The molecule has 0 bridgehead atoms. The van der Waals surface area contributed by atoms with Crippen LogP contribution in [-0.4, -0.2) is 36.5 Å². The van der Waals surface area contributed by atoms with E-state index in [9.17, 15) is 4.79 Å². The highest BCUT2D eigenvalue weighted by molar-refractivity contribution is 7.09. The number of hydrogen-bond donors (Lipinski definition) is 0. The summed E-state index contributed by atoms with van der Waals surface area (Å²) >= 11 is 1.44. The summed E-state index contributed by atoms with van der Waals surface area (Å²) in [4.78, 5) is 20.9. The predicted octanol–water partition coefficient (Wildman–Crippen LogP) is 4.21. The first-order valence-corrected chi connectivity index (χ1v) is 10.6. The number of amides is 1. The van der Waals surface area contributed by atoms with Gasteiger partial charge in [0.1, 0.15) is 5.82 Å². The summed E-state index contributed by atoms with van der Waals surface area (Å²) in [5.74, 6) is 2.44. The molecule has 0 unspecified atom stereocenters. The Balaban J connectivity index is 1.54. The Hall–Kier alpha value is -2.54. The highest BCUT2D eigenvalue weighted by atomic mass is 32.1. The molecule has 7 heteroatoms. The van der Waals surface area contributed by atoms with Crippen molar-refractivity contribution in [1.29, 1.82) is 0 Å². The molecule has 4 rings (SSSR count). The lowest BCUT2D eigenvalue weighted by atomic mass is 10.1. The molecule has 0 saturated heterocycles. The maximum Gasteiger partial charge on any atom is 0.254 e. The van der Waals surface area contributed by atoms with Gasteiger partial charge in [-0.3, -0.25) is 4.79 Å². The van der Waals surface area contributed by atoms with E-state index in [2.05, 4.69) is 23.3 Å². The molecule has 0 spiro atoms. The number of benzene rings is 1. The van der Waals surface area contributed by atoms with Crippen LogP contribution in [0.5, 0.6) is 0 Å². The lowest BCUT2D eigenvalue weighted by Crippen LogP contribution is -2.41. The van der Waals surface area contributed by atoms with Crippen molar-refractivity contribution >= 4 is 17.4 Å². The first-order chi connectivity index (χ1) is 13.5. The predicted molar refractivity (Wildman–Crippen MR) is 110 cm³/mol. The average molecular weight is 396 g/mol. The standard InChI is InChI=1S/C21H25N5OS/c1-14(2)7-8-19-23-20-15(3)25(11-12-26(20)24-19)21(27)17-6-4-5-16(13-17)18-9-10-22-28-18/h4-6,9-10,13-15H,7-8,11-12H2,1-3H3/t15-/m1/s1. The molecule has 0 fully saturated rings. The van der Waals surface area contributed by atoms with Crippen LogP contribution >= 0.6 is 11.5 Å². The number of carbonyl (C=O) groups is 1. The summed E-state index contributed by atoms with van der Waals surface area (Å²) in [5, 5.41) is 4.65. The first kappa shape index (κ1) is 18.8. The fraction of sp³-hybridized carbons (Fsp3) is 0.429. The summed E-state index contributed by atoms with van der Waals surface area (Å²) < 4.78 is 6.13. The fourth-order valence-electron chi connectivity index (χ4n) is 3.55. The Bertz CT molecular complexity index is 963. The highest BCUT2D eigenvalue weighted by Crippen LogP contribution is 2.28. The van der Waals surface area contributed by atoms with Crippen LogP contribution in [0.1, 0.15) is 55.2 Å². The molecular weight excluding hydrogens is 370 g/mol. The highest BCUT2D eigenvalue weighted by Gasteiger charge is 2.31. The van der Waals surface area contributed by atoms with Crippen molar-refractivity contribution < 1.29 is 4.79 Å². The molecule has 0 aliphatic carbocycles. The third-order valence-electron chi connectivity index (χ3n) is 5.18. The van der Waals surface area contributed by atoms with Crippen molar-refractivity contribution in [3.05, 3.63) is 53.7 Å². The number of hydrogen-bond acceptors (Lipinski definition) is 5. The van der Waals surface area contributed by atoms with Gasteiger partial charge in [-0.05, 0) is 54.6 Å². The summed E-state index contributed by atoms with van der Waals surface area (Å²) in [5.41, 5.74) is 1.72. The fourth-order valence-corrected chi connectivity index (χ4v) is 4.14. The van der Waals surface area contributed by atoms with Gasteiger partial charge in [-0.2, -0.15) is 5.10 Å². The molecule has 6 nitrogen and oxygen atoms in total. The molecule has 0 N–H and O–H groups in total. The van der Waals surface area contributed by atoms with Crippen LogP contribution in [0.4, 0.5) is 0 Å². The topological polar surface area (TPSA) is 63.9 Å². The Morgan fingerprint density at radius 1 is 1.29 bits per heavy atom. The Labute approximate surface area is 169 Å². The minimum absolute atomic E-state index is 0.0387. The van der Waals surface area contributed by atoms with Gasteiger partial charge in [-0.25, -0.2) is 14.0 Å². The zero-order valence-electron chi connectivity index (χ0n) is 16.5. The van der Waals surface area contributed by atoms with Crippen LogP contribution in [0.3, 0.4) is 0 Å². The first-order valence-electron chi connectivity index (χ1n) is 9.78. The minimum Gasteiger partial charge on any atom is -0.327 e. The average Bonchev–Trinajstić information content (AvgIpc) is 3.36. The second-order valence-electron chi connectivity index (χ2n) is 7.67. The normalized spacial score (nSPS) is 16.4. The molecule has 1 aliphatic rings. The number of rotatable bonds is 5. The van der Waals surface area contributed by atoms with Gasteiger partial charge in [0.2, 0.25) is 0 Å². The van der Waals surface area contributed by atoms with Crippen molar-refractivity contribution in [2.45, 2.75) is 46.2 Å². The van der Waals surface area contributed by atoms with Gasteiger partial charge < -0.3 is 4.90 Å². The van der Waals surface area contributed by atoms with Crippen molar-refractivity contribution in [3.63, 3.8) is 0 Å². The summed E-state index contributed by atoms with van der Waals surface area (Å²) in [7, 11) is 0. The van der Waals surface area contributed by atoms with E-state index in [-0.39, 0.29) is 11.9 Å². The van der Waals surface area contributed by atoms with Gasteiger partial charge in [0, 0.05) is 24.7 Å².